The van der Waals surface area contributed by atoms with Crippen LogP contribution in [0.15, 0.2) is 58.1 Å². The van der Waals surface area contributed by atoms with Gasteiger partial charge in [0.05, 0.1) is 19.5 Å². The molecule has 0 unspecified atom stereocenters. The number of hydrogen-bond acceptors (Lipinski definition) is 9. The highest BCUT2D eigenvalue weighted by Gasteiger charge is 2.21. The number of ether oxygens (including phenoxy) is 2. The van der Waals surface area contributed by atoms with Crippen molar-refractivity contribution in [3.05, 3.63) is 54.4 Å². The third kappa shape index (κ3) is 3.92. The van der Waals surface area contributed by atoms with Crippen molar-refractivity contribution in [2.24, 2.45) is 0 Å². The van der Waals surface area contributed by atoms with Crippen molar-refractivity contribution in [1.82, 2.24) is 30.4 Å². The molecule has 0 amide bonds. The average molecular weight is 410 g/mol. The first kappa shape index (κ1) is 18.9. The molecule has 0 saturated heterocycles. The molecule has 148 valence electrons. The lowest BCUT2D eigenvalue weighted by Crippen LogP contribution is -2.02. The zero-order chi connectivity index (χ0) is 20.2. The number of methoxy groups -OCH3 is 2. The minimum atomic E-state index is -0.158. The van der Waals surface area contributed by atoms with Gasteiger partial charge in [-0.3, -0.25) is 0 Å². The second-order valence-corrected chi connectivity index (χ2v) is 7.29. The van der Waals surface area contributed by atoms with Crippen molar-refractivity contribution in [1.29, 1.82) is 0 Å². The first-order chi connectivity index (χ1) is 14.2. The van der Waals surface area contributed by atoms with Crippen molar-refractivity contribution in [2.45, 2.75) is 17.3 Å². The van der Waals surface area contributed by atoms with Gasteiger partial charge in [-0.05, 0) is 53.7 Å². The molecule has 0 bridgehead atoms. The number of rotatable bonds is 7. The second kappa shape index (κ2) is 8.31. The van der Waals surface area contributed by atoms with E-state index in [2.05, 4.69) is 25.7 Å². The van der Waals surface area contributed by atoms with Crippen LogP contribution in [0.4, 0.5) is 0 Å². The first-order valence-corrected chi connectivity index (χ1v) is 9.64. The number of para-hydroxylation sites is 2. The van der Waals surface area contributed by atoms with Crippen LogP contribution in [-0.4, -0.2) is 44.6 Å². The Morgan fingerprint density at radius 3 is 2.52 bits per heavy atom. The van der Waals surface area contributed by atoms with E-state index in [4.69, 9.17) is 13.9 Å². The SMILES string of the molecule is COc1ccc(-c2nnc([C@H](C)Sc3nnnn3-c3ccccc3OC)o2)cc1. The van der Waals surface area contributed by atoms with Crippen LogP contribution in [0.3, 0.4) is 0 Å². The van der Waals surface area contributed by atoms with Gasteiger partial charge in [0, 0.05) is 5.56 Å². The van der Waals surface area contributed by atoms with Gasteiger partial charge in [-0.25, -0.2) is 0 Å². The Morgan fingerprint density at radius 2 is 1.76 bits per heavy atom. The summed E-state index contributed by atoms with van der Waals surface area (Å²) in [5, 5.41) is 20.8. The Labute approximate surface area is 171 Å². The Kier molecular flexibility index (Phi) is 5.43. The normalized spacial score (nSPS) is 12.0. The standard InChI is InChI=1S/C19H18N6O3S/c1-12(17-20-21-18(28-17)13-8-10-14(26-2)11-9-13)29-19-22-23-24-25(19)15-6-4-5-7-16(15)27-3/h4-12H,1-3H3/t12-/m0/s1. The quantitative estimate of drug-likeness (QED) is 0.423. The Hall–Kier alpha value is -3.40. The number of benzene rings is 2. The van der Waals surface area contributed by atoms with Crippen molar-refractivity contribution >= 4 is 11.8 Å². The van der Waals surface area contributed by atoms with E-state index in [-0.39, 0.29) is 5.25 Å². The molecule has 10 heteroatoms. The van der Waals surface area contributed by atoms with E-state index in [0.717, 1.165) is 17.0 Å². The molecule has 0 radical (unpaired) electrons. The van der Waals surface area contributed by atoms with Crippen LogP contribution in [-0.2, 0) is 0 Å². The summed E-state index contributed by atoms with van der Waals surface area (Å²) in [6, 6.07) is 15.0. The zero-order valence-electron chi connectivity index (χ0n) is 16.0. The Balaban J connectivity index is 1.54. The molecule has 0 fully saturated rings. The van der Waals surface area contributed by atoms with Crippen molar-refractivity contribution in [3.8, 4) is 28.6 Å². The lowest BCUT2D eigenvalue weighted by Gasteiger charge is -2.10. The van der Waals surface area contributed by atoms with Crippen LogP contribution in [0.1, 0.15) is 18.1 Å². The predicted octanol–water partition coefficient (Wildman–Crippen LogP) is 3.58. The molecule has 4 rings (SSSR count). The van der Waals surface area contributed by atoms with Gasteiger partial charge in [0.1, 0.15) is 17.2 Å². The van der Waals surface area contributed by atoms with E-state index < -0.39 is 0 Å². The number of tetrazole rings is 1. The highest BCUT2D eigenvalue weighted by molar-refractivity contribution is 7.99. The van der Waals surface area contributed by atoms with E-state index in [1.807, 2.05) is 55.5 Å². The number of nitrogens with zero attached hydrogens (tertiary/aromatic N) is 6. The van der Waals surface area contributed by atoms with Crippen molar-refractivity contribution in [2.75, 3.05) is 14.2 Å². The zero-order valence-corrected chi connectivity index (χ0v) is 16.8. The molecular weight excluding hydrogens is 392 g/mol. The first-order valence-electron chi connectivity index (χ1n) is 8.76. The smallest absolute Gasteiger partial charge is 0.247 e. The fourth-order valence-electron chi connectivity index (χ4n) is 2.67. The molecule has 29 heavy (non-hydrogen) atoms. The molecule has 2 heterocycles. The van der Waals surface area contributed by atoms with Crippen LogP contribution in [0.5, 0.6) is 11.5 Å². The third-order valence-corrected chi connectivity index (χ3v) is 5.18. The molecule has 2 aromatic heterocycles. The van der Waals surface area contributed by atoms with Gasteiger partial charge in [-0.15, -0.1) is 15.3 Å². The third-order valence-electron chi connectivity index (χ3n) is 4.16. The molecule has 1 atom stereocenters. The fourth-order valence-corrected chi connectivity index (χ4v) is 3.50. The second-order valence-electron chi connectivity index (χ2n) is 5.98. The van der Waals surface area contributed by atoms with Gasteiger partial charge >= 0.3 is 0 Å². The highest BCUT2D eigenvalue weighted by atomic mass is 32.2. The minimum absolute atomic E-state index is 0.158. The molecule has 9 nitrogen and oxygen atoms in total. The summed E-state index contributed by atoms with van der Waals surface area (Å²) in [6.07, 6.45) is 0. The molecule has 0 aliphatic rings. The lowest BCUT2D eigenvalue weighted by atomic mass is 10.2. The van der Waals surface area contributed by atoms with Gasteiger partial charge in [0.15, 0.2) is 0 Å². The summed E-state index contributed by atoms with van der Waals surface area (Å²) < 4.78 is 18.1. The van der Waals surface area contributed by atoms with Gasteiger partial charge in [0.25, 0.3) is 0 Å². The Morgan fingerprint density at radius 1 is 0.966 bits per heavy atom. The number of hydrogen-bond donors (Lipinski definition) is 0. The van der Waals surface area contributed by atoms with Gasteiger partial charge in [0.2, 0.25) is 16.9 Å². The van der Waals surface area contributed by atoms with E-state index in [1.54, 1.807) is 18.9 Å². The maximum atomic E-state index is 5.86. The largest absolute Gasteiger partial charge is 0.497 e. The Bertz CT molecular complexity index is 1100. The number of aromatic nitrogens is 6. The van der Waals surface area contributed by atoms with E-state index in [0.29, 0.717) is 22.7 Å². The highest BCUT2D eigenvalue weighted by Crippen LogP contribution is 2.35. The van der Waals surface area contributed by atoms with Gasteiger partial charge in [-0.1, -0.05) is 23.9 Å². The maximum Gasteiger partial charge on any atom is 0.247 e. The fraction of sp³-hybridized carbons (Fsp3) is 0.211. The molecule has 0 saturated carbocycles. The molecule has 2 aromatic carbocycles. The van der Waals surface area contributed by atoms with Gasteiger partial charge in [-0.2, -0.15) is 4.68 Å². The summed E-state index contributed by atoms with van der Waals surface area (Å²) in [5.74, 6) is 2.37. The average Bonchev–Trinajstić information content (AvgIpc) is 3.43. The number of thioether (sulfide) groups is 1. The monoisotopic (exact) mass is 410 g/mol. The van der Waals surface area contributed by atoms with Crippen LogP contribution in [0.25, 0.3) is 17.1 Å². The van der Waals surface area contributed by atoms with Gasteiger partial charge < -0.3 is 13.9 Å². The molecule has 0 aliphatic heterocycles. The molecule has 0 spiro atoms. The molecule has 0 N–H and O–H groups in total. The van der Waals surface area contributed by atoms with E-state index in [9.17, 15) is 0 Å². The van der Waals surface area contributed by atoms with Crippen LogP contribution in [0, 0.1) is 0 Å². The van der Waals surface area contributed by atoms with Crippen molar-refractivity contribution < 1.29 is 13.9 Å². The molecule has 4 aromatic rings. The van der Waals surface area contributed by atoms with E-state index >= 15 is 0 Å². The topological polar surface area (TPSA) is 101 Å². The minimum Gasteiger partial charge on any atom is -0.497 e. The van der Waals surface area contributed by atoms with Crippen molar-refractivity contribution in [3.63, 3.8) is 0 Å². The molecular formula is C19H18N6O3S. The summed E-state index contributed by atoms with van der Waals surface area (Å²) in [7, 11) is 3.23. The summed E-state index contributed by atoms with van der Waals surface area (Å²) >= 11 is 1.41. The van der Waals surface area contributed by atoms with Crippen LogP contribution >= 0.6 is 11.8 Å². The summed E-state index contributed by atoms with van der Waals surface area (Å²) in [6.45, 7) is 1.96. The van der Waals surface area contributed by atoms with Crippen LogP contribution in [0.2, 0.25) is 0 Å². The summed E-state index contributed by atoms with van der Waals surface area (Å²) in [4.78, 5) is 0. The van der Waals surface area contributed by atoms with Crippen LogP contribution < -0.4 is 9.47 Å². The molecule has 0 aliphatic carbocycles. The summed E-state index contributed by atoms with van der Waals surface area (Å²) in [5.41, 5.74) is 1.57. The maximum absolute atomic E-state index is 5.86. The lowest BCUT2D eigenvalue weighted by molar-refractivity contribution is 0.410. The van der Waals surface area contributed by atoms with E-state index in [1.165, 1.54) is 11.8 Å². The predicted molar refractivity (Wildman–Crippen MR) is 106 cm³/mol.